The molecular formula is C26H24Mg5N4O18P2. The number of carboxylic acids is 4. The van der Waals surface area contributed by atoms with Gasteiger partial charge in [0.15, 0.2) is 0 Å². The molecule has 0 unspecified atom stereocenters. The summed E-state index contributed by atoms with van der Waals surface area (Å²) in [6, 6.07) is -3.13. The van der Waals surface area contributed by atoms with Crippen molar-refractivity contribution < 1.29 is 87.6 Å². The summed E-state index contributed by atoms with van der Waals surface area (Å²) in [6.07, 6.45) is 1.75. The number of aliphatic imine (C=N–C) groups is 2. The Labute approximate surface area is 393 Å². The average molecular weight is 864 g/mol. The molecule has 2 atom stereocenters. The van der Waals surface area contributed by atoms with E-state index in [1.807, 2.05) is 0 Å². The maximum Gasteiger partial charge on any atom is 2.00 e. The van der Waals surface area contributed by atoms with Crippen molar-refractivity contribution in [3.8, 4) is 11.5 Å². The van der Waals surface area contributed by atoms with Gasteiger partial charge >= 0.3 is 115 Å². The molecule has 2 rings (SSSR count). The second-order valence-corrected chi connectivity index (χ2v) is 12.0. The van der Waals surface area contributed by atoms with Crippen molar-refractivity contribution in [3.05, 3.63) is 46.0 Å². The molecule has 0 saturated heterocycles. The van der Waals surface area contributed by atoms with E-state index in [0.717, 1.165) is 24.8 Å². The van der Waals surface area contributed by atoms with Gasteiger partial charge in [0.1, 0.15) is 0 Å². The number of aliphatic carboxylic acids is 4. The number of carboxylic acid groups (broad SMARTS) is 4. The standard InChI is InChI=1S/2C13H17N2O9P.5Mg/c2*1-7-12(18)9(8(4-14-7)6-24-25(21,22)23)5-15-10(13(19)20)2-3-11(16)17;;;;;/h2*4-5,10,18H,2-3,6H2,1H3,(H,16,17)(H,19,20)(H2,21,22,23);;;;;/q;;5*+2/p-10/t2*10-;;;;;/m00...../s1. The second-order valence-electron chi connectivity index (χ2n) is 9.71. The molecule has 55 heavy (non-hydrogen) atoms. The summed E-state index contributed by atoms with van der Waals surface area (Å²) in [6.45, 7) is 1.12. The van der Waals surface area contributed by atoms with Crippen molar-refractivity contribution in [1.82, 2.24) is 9.97 Å². The molecule has 0 fully saturated rings. The third-order valence-corrected chi connectivity index (χ3v) is 6.87. The average Bonchev–Trinajstić information content (AvgIpc) is 2.98. The van der Waals surface area contributed by atoms with Gasteiger partial charge < -0.3 is 87.6 Å². The first-order valence-corrected chi connectivity index (χ1v) is 16.5. The van der Waals surface area contributed by atoms with Crippen molar-refractivity contribution >= 4 is 167 Å². The predicted molar refractivity (Wildman–Crippen MR) is 172 cm³/mol. The summed E-state index contributed by atoms with van der Waals surface area (Å²) in [5, 5.41) is 66.8. The van der Waals surface area contributed by atoms with Gasteiger partial charge in [0.2, 0.25) is 0 Å². The summed E-state index contributed by atoms with van der Waals surface area (Å²) in [5.74, 6) is -7.68. The third-order valence-electron chi connectivity index (χ3n) is 5.98. The van der Waals surface area contributed by atoms with E-state index in [9.17, 15) is 78.5 Å². The number of rotatable bonds is 18. The van der Waals surface area contributed by atoms with E-state index in [1.54, 1.807) is 0 Å². The molecule has 2 heterocycles. The maximum atomic E-state index is 12.1. The van der Waals surface area contributed by atoms with Crippen molar-refractivity contribution in [1.29, 1.82) is 0 Å². The van der Waals surface area contributed by atoms with Crippen LogP contribution in [-0.4, -0.2) is 174 Å². The second kappa shape index (κ2) is 30.2. The normalized spacial score (nSPS) is 11.9. The van der Waals surface area contributed by atoms with E-state index in [4.69, 9.17) is 0 Å². The van der Waals surface area contributed by atoms with Gasteiger partial charge in [0, 0.05) is 59.3 Å². The number of carbonyl (C=O) groups excluding carboxylic acids is 4. The van der Waals surface area contributed by atoms with E-state index < -0.39 is 102 Å². The van der Waals surface area contributed by atoms with Crippen LogP contribution in [0.25, 0.3) is 0 Å². The van der Waals surface area contributed by atoms with Crippen LogP contribution in [0.5, 0.6) is 11.5 Å². The van der Waals surface area contributed by atoms with E-state index in [1.165, 1.54) is 13.8 Å². The Bertz CT molecular complexity index is 1600. The fraction of sp³-hybridized carbons (Fsp3) is 0.385. The van der Waals surface area contributed by atoms with Gasteiger partial charge in [0.25, 0.3) is 0 Å². The van der Waals surface area contributed by atoms with E-state index in [-0.39, 0.29) is 149 Å². The third kappa shape index (κ3) is 26.0. The van der Waals surface area contributed by atoms with E-state index in [2.05, 4.69) is 29.0 Å². The first-order chi connectivity index (χ1) is 23.0. The van der Waals surface area contributed by atoms with Crippen LogP contribution in [0.15, 0.2) is 22.4 Å². The largest absolute Gasteiger partial charge is 2.00 e. The number of nitrogens with zero attached hydrogens (tertiary/aromatic N) is 4. The molecule has 276 valence electrons. The van der Waals surface area contributed by atoms with Gasteiger partial charge in [-0.25, -0.2) is 0 Å². The summed E-state index contributed by atoms with van der Waals surface area (Å²) < 4.78 is 29.2. The van der Waals surface area contributed by atoms with E-state index in [0.29, 0.717) is 0 Å². The van der Waals surface area contributed by atoms with Gasteiger partial charge in [0.05, 0.1) is 52.9 Å². The Morgan fingerprint density at radius 3 is 1.18 bits per heavy atom. The summed E-state index contributed by atoms with van der Waals surface area (Å²) in [4.78, 5) is 99.4. The molecule has 0 aromatic carbocycles. The van der Waals surface area contributed by atoms with Crippen LogP contribution in [0.2, 0.25) is 0 Å². The molecule has 0 bridgehead atoms. The molecule has 22 nitrogen and oxygen atoms in total. The Balaban J connectivity index is -0.000000278. The predicted octanol–water partition coefficient (Wildman–Crippen LogP) is -10.2. The van der Waals surface area contributed by atoms with Crippen LogP contribution in [0.4, 0.5) is 0 Å². The van der Waals surface area contributed by atoms with Crippen LogP contribution < -0.4 is 50.2 Å². The van der Waals surface area contributed by atoms with Crippen LogP contribution in [0, 0.1) is 13.8 Å². The Morgan fingerprint density at radius 1 is 0.655 bits per heavy atom. The first kappa shape index (κ1) is 63.3. The molecule has 0 spiro atoms. The minimum absolute atomic E-state index is 0. The summed E-state index contributed by atoms with van der Waals surface area (Å²) in [7, 11) is -10.6. The molecule has 0 aliphatic rings. The van der Waals surface area contributed by atoms with Crippen LogP contribution in [0.1, 0.15) is 59.3 Å². The molecule has 2 aromatic heterocycles. The van der Waals surface area contributed by atoms with E-state index >= 15 is 0 Å². The smallest absolute Gasteiger partial charge is 0.871 e. The number of aromatic nitrogens is 2. The number of phosphoric acid groups is 2. The first-order valence-electron chi connectivity index (χ1n) is 13.5. The number of phosphoric ester groups is 2. The monoisotopic (exact) mass is 862 g/mol. The van der Waals surface area contributed by atoms with Gasteiger partial charge in [-0.3, -0.25) is 20.0 Å². The van der Waals surface area contributed by atoms with Crippen LogP contribution in [0.3, 0.4) is 0 Å². The van der Waals surface area contributed by atoms with Gasteiger partial charge in [-0.1, -0.05) is 11.5 Å². The number of hydrogen-bond acceptors (Lipinski definition) is 22. The zero-order valence-corrected chi connectivity index (χ0v) is 38.1. The number of hydrogen-bond donors (Lipinski definition) is 0. The molecular weight excluding hydrogens is 840 g/mol. The van der Waals surface area contributed by atoms with Gasteiger partial charge in [-0.15, -0.1) is 0 Å². The molecule has 0 radical (unpaired) electrons. The summed E-state index contributed by atoms with van der Waals surface area (Å²) in [5.41, 5.74) is -0.664. The fourth-order valence-electron chi connectivity index (χ4n) is 3.44. The van der Waals surface area contributed by atoms with Crippen LogP contribution in [-0.2, 0) is 50.6 Å². The number of carbonyl (C=O) groups is 4. The van der Waals surface area contributed by atoms with Crippen molar-refractivity contribution in [2.75, 3.05) is 0 Å². The summed E-state index contributed by atoms with van der Waals surface area (Å²) >= 11 is 0. The molecule has 0 aliphatic carbocycles. The number of aryl methyl sites for hydroxylation is 2. The molecule has 2 aromatic rings. The quantitative estimate of drug-likeness (QED) is 0.0762. The molecule has 0 N–H and O–H groups in total. The fourth-order valence-corrected chi connectivity index (χ4v) is 4.04. The Morgan fingerprint density at radius 2 is 0.945 bits per heavy atom. The van der Waals surface area contributed by atoms with Gasteiger partial charge in [-0.2, -0.15) is 0 Å². The molecule has 0 amide bonds. The SMILES string of the molecule is Cc1ncc(COP(=O)([O-])[O-])c(C=N[C@@H](CCC(=O)[O-])C(=O)[O-])c1[O-].Cc1ncc(COP(=O)([O-])[O-])c(C=N[C@@H](CCC(=O)[O-])C(=O)[O-])c1[O-].[Mg+2].[Mg+2].[Mg+2].[Mg+2].[Mg+2]. The number of pyridine rings is 2. The molecule has 0 aliphatic heterocycles. The Hall–Kier alpha value is -0.829. The Kier molecular flexibility index (Phi) is 34.8. The zero-order chi connectivity index (χ0) is 38.4. The molecule has 0 saturated carbocycles. The van der Waals surface area contributed by atoms with Gasteiger partial charge in [-0.05, 0) is 50.7 Å². The van der Waals surface area contributed by atoms with Crippen LogP contribution >= 0.6 is 15.6 Å². The van der Waals surface area contributed by atoms with Crippen molar-refractivity contribution in [2.24, 2.45) is 9.98 Å². The molecule has 29 heteroatoms. The topological polar surface area (TPSA) is 402 Å². The maximum absolute atomic E-state index is 12.1. The minimum Gasteiger partial charge on any atom is -0.871 e. The van der Waals surface area contributed by atoms with Crippen molar-refractivity contribution in [2.45, 2.75) is 64.8 Å². The van der Waals surface area contributed by atoms with Crippen molar-refractivity contribution in [3.63, 3.8) is 0 Å². The zero-order valence-electron chi connectivity index (χ0n) is 29.3. The minimum atomic E-state index is -5.30.